The van der Waals surface area contributed by atoms with Crippen LogP contribution in [0.5, 0.6) is 0 Å². The number of aliphatic hydroxyl groups excluding tert-OH is 2. The molecule has 11 heavy (non-hydrogen) atoms. The van der Waals surface area contributed by atoms with Crippen molar-refractivity contribution in [3.8, 4) is 0 Å². The minimum absolute atomic E-state index is 0.0567. The fraction of sp³-hybridized carbons (Fsp3) is 1.00. The van der Waals surface area contributed by atoms with Crippen LogP contribution in [0.25, 0.3) is 0 Å². The molecule has 0 saturated heterocycles. The molecule has 0 unspecified atom stereocenters. The SMILES string of the molecule is [O]=[Cr]([OH])[CH2]N(CCO)CCO. The summed E-state index contributed by atoms with van der Waals surface area (Å²) in [5.74, 6) is 0. The summed E-state index contributed by atoms with van der Waals surface area (Å²) in [4.78, 5) is 1.55. The molecule has 0 amide bonds. The molecule has 0 aliphatic rings. The van der Waals surface area contributed by atoms with Crippen LogP contribution in [-0.2, 0) is 18.2 Å². The van der Waals surface area contributed by atoms with E-state index in [0.29, 0.717) is 13.1 Å². The van der Waals surface area contributed by atoms with E-state index in [4.69, 9.17) is 14.4 Å². The van der Waals surface area contributed by atoms with Crippen molar-refractivity contribution in [3.63, 3.8) is 0 Å². The number of nitrogens with zero attached hydrogens (tertiary/aromatic N) is 1. The topological polar surface area (TPSA) is 81.0 Å². The average Bonchev–Trinajstić information content (AvgIpc) is 1.87. The molecule has 0 saturated carbocycles. The Labute approximate surface area is 69.8 Å². The van der Waals surface area contributed by atoms with Crippen LogP contribution in [0.15, 0.2) is 0 Å². The molecule has 3 N–H and O–H groups in total. The van der Waals surface area contributed by atoms with Crippen LogP contribution >= 0.6 is 0 Å². The van der Waals surface area contributed by atoms with E-state index in [0.717, 1.165) is 0 Å². The van der Waals surface area contributed by atoms with Crippen LogP contribution in [0.1, 0.15) is 0 Å². The standard InChI is InChI=1S/C5H12NO2.Cr.H2O.O/c1-6(2-4-7)3-5-8;;;/h7-8H,1-5H2;;1H2;/q;+1;;/p-1. The summed E-state index contributed by atoms with van der Waals surface area (Å²) in [5.41, 5.74) is 0. The van der Waals surface area contributed by atoms with Gasteiger partial charge in [0, 0.05) is 0 Å². The predicted octanol–water partition coefficient (Wildman–Crippen LogP) is -1.90. The molecular formula is C5H13CrNO4. The normalized spacial score (nSPS) is 11.4. The van der Waals surface area contributed by atoms with Gasteiger partial charge >= 0.3 is 69.2 Å². The first-order valence-corrected chi connectivity index (χ1v) is 5.21. The Morgan fingerprint density at radius 2 is 1.64 bits per heavy atom. The maximum atomic E-state index is 10.4. The van der Waals surface area contributed by atoms with Crippen LogP contribution in [0.2, 0.25) is 0 Å². The van der Waals surface area contributed by atoms with Crippen LogP contribution in [0.3, 0.4) is 0 Å². The number of rotatable bonds is 6. The van der Waals surface area contributed by atoms with E-state index in [-0.39, 0.29) is 18.6 Å². The number of hydrogen-bond acceptors (Lipinski definition) is 4. The van der Waals surface area contributed by atoms with Gasteiger partial charge in [-0.05, 0) is 0 Å². The molecule has 0 radical (unpaired) electrons. The van der Waals surface area contributed by atoms with Gasteiger partial charge in [-0.3, -0.25) is 0 Å². The van der Waals surface area contributed by atoms with Gasteiger partial charge in [0.1, 0.15) is 0 Å². The Morgan fingerprint density at radius 1 is 1.18 bits per heavy atom. The minimum atomic E-state index is -2.72. The van der Waals surface area contributed by atoms with Crippen molar-refractivity contribution < 1.29 is 32.6 Å². The Morgan fingerprint density at radius 3 is 1.91 bits per heavy atom. The van der Waals surface area contributed by atoms with Crippen molar-refractivity contribution in [1.29, 1.82) is 0 Å². The van der Waals surface area contributed by atoms with Gasteiger partial charge in [-0.1, -0.05) is 0 Å². The van der Waals surface area contributed by atoms with Crippen molar-refractivity contribution in [2.75, 3.05) is 31.7 Å². The molecule has 0 aromatic carbocycles. The summed E-state index contributed by atoms with van der Waals surface area (Å²) in [6.45, 7) is 0.560. The second-order valence-electron chi connectivity index (χ2n) is 2.02. The Kier molecular flexibility index (Phi) is 6.96. The van der Waals surface area contributed by atoms with Crippen LogP contribution in [0, 0.1) is 0 Å². The Bertz CT molecular complexity index is 115. The summed E-state index contributed by atoms with van der Waals surface area (Å²) in [6.07, 6.45) is 0. The zero-order chi connectivity index (χ0) is 8.69. The van der Waals surface area contributed by atoms with Crippen LogP contribution in [-0.4, -0.2) is 51.0 Å². The molecule has 6 heteroatoms. The molecule has 0 bridgehead atoms. The number of hydrogen-bond donors (Lipinski definition) is 3. The van der Waals surface area contributed by atoms with Gasteiger partial charge in [0.05, 0.1) is 0 Å². The molecule has 0 aromatic rings. The van der Waals surface area contributed by atoms with Gasteiger partial charge in [-0.25, -0.2) is 0 Å². The first kappa shape index (κ1) is 11.2. The van der Waals surface area contributed by atoms with Gasteiger partial charge in [0.25, 0.3) is 0 Å². The quantitative estimate of drug-likeness (QED) is 0.470. The predicted molar refractivity (Wildman–Crippen MR) is 33.5 cm³/mol. The molecule has 68 valence electrons. The first-order chi connectivity index (χ1) is 5.20. The summed E-state index contributed by atoms with van der Waals surface area (Å²) >= 11 is -2.72. The molecule has 0 atom stereocenters. The van der Waals surface area contributed by atoms with E-state index in [9.17, 15) is 3.80 Å². The molecule has 0 aromatic heterocycles. The third-order valence-electron chi connectivity index (χ3n) is 1.13. The van der Waals surface area contributed by atoms with Gasteiger partial charge < -0.3 is 0 Å². The van der Waals surface area contributed by atoms with Crippen molar-refractivity contribution in [2.45, 2.75) is 0 Å². The number of aliphatic hydroxyl groups is 2. The molecule has 0 aliphatic heterocycles. The van der Waals surface area contributed by atoms with Gasteiger partial charge in [-0.15, -0.1) is 0 Å². The van der Waals surface area contributed by atoms with Gasteiger partial charge in [0.2, 0.25) is 0 Å². The van der Waals surface area contributed by atoms with Gasteiger partial charge in [0.15, 0.2) is 0 Å². The van der Waals surface area contributed by atoms with Gasteiger partial charge in [-0.2, -0.15) is 0 Å². The second-order valence-corrected chi connectivity index (χ2v) is 3.42. The molecule has 0 fully saturated rings. The zero-order valence-electron chi connectivity index (χ0n) is 6.14. The third-order valence-corrected chi connectivity index (χ3v) is 2.04. The molecular weight excluding hydrogens is 190 g/mol. The van der Waals surface area contributed by atoms with Crippen molar-refractivity contribution in [1.82, 2.24) is 4.90 Å². The summed E-state index contributed by atoms with van der Waals surface area (Å²) in [6, 6.07) is 0. The summed E-state index contributed by atoms with van der Waals surface area (Å²) in [5, 5.41) is 17.0. The monoisotopic (exact) mass is 203 g/mol. The van der Waals surface area contributed by atoms with Crippen molar-refractivity contribution >= 4 is 0 Å². The van der Waals surface area contributed by atoms with Crippen molar-refractivity contribution in [2.24, 2.45) is 0 Å². The molecule has 0 aliphatic carbocycles. The van der Waals surface area contributed by atoms with E-state index >= 15 is 0 Å². The van der Waals surface area contributed by atoms with Crippen LogP contribution in [0.4, 0.5) is 0 Å². The van der Waals surface area contributed by atoms with E-state index in [2.05, 4.69) is 0 Å². The van der Waals surface area contributed by atoms with E-state index < -0.39 is 14.4 Å². The van der Waals surface area contributed by atoms with Crippen molar-refractivity contribution in [3.05, 3.63) is 0 Å². The Balaban J connectivity index is 3.59. The average molecular weight is 203 g/mol. The maximum absolute atomic E-state index is 10.4. The van der Waals surface area contributed by atoms with E-state index in [1.54, 1.807) is 4.90 Å². The molecule has 5 nitrogen and oxygen atoms in total. The molecule has 0 heterocycles. The Hall–Kier alpha value is 0.172. The molecule has 0 spiro atoms. The fourth-order valence-electron chi connectivity index (χ4n) is 0.680. The summed E-state index contributed by atoms with van der Waals surface area (Å²) < 4.78 is 18.9. The van der Waals surface area contributed by atoms with E-state index in [1.165, 1.54) is 0 Å². The first-order valence-electron chi connectivity index (χ1n) is 3.22. The van der Waals surface area contributed by atoms with Crippen LogP contribution < -0.4 is 0 Å². The third kappa shape index (κ3) is 6.57. The summed E-state index contributed by atoms with van der Waals surface area (Å²) in [7, 11) is 0. The fourth-order valence-corrected chi connectivity index (χ4v) is 1.57. The second kappa shape index (κ2) is 6.86. The molecule has 0 rings (SSSR count). The van der Waals surface area contributed by atoms with E-state index in [1.807, 2.05) is 0 Å². The zero-order valence-corrected chi connectivity index (χ0v) is 7.42.